The Hall–Kier alpha value is -1.30. The lowest BCUT2D eigenvalue weighted by molar-refractivity contribution is -0.154. The number of alkyl halides is 2. The molecular weight excluding hydrogens is 206 g/mol. The van der Waals surface area contributed by atoms with Gasteiger partial charge in [-0.15, -0.1) is 0 Å². The molecule has 0 aliphatic heterocycles. The summed E-state index contributed by atoms with van der Waals surface area (Å²) in [5.41, 5.74) is 0.515. The molecule has 15 heavy (non-hydrogen) atoms. The molecule has 0 aliphatic rings. The van der Waals surface area contributed by atoms with Crippen molar-refractivity contribution >= 4 is 12.1 Å². The lowest BCUT2D eigenvalue weighted by Crippen LogP contribution is -2.37. The predicted molar refractivity (Wildman–Crippen MR) is 52.7 cm³/mol. The highest BCUT2D eigenvalue weighted by atomic mass is 19.3. The lowest BCUT2D eigenvalue weighted by Gasteiger charge is -2.23. The number of allylic oxidation sites excluding steroid dienone is 1. The molecule has 1 amide bonds. The zero-order valence-corrected chi connectivity index (χ0v) is 8.65. The second kappa shape index (κ2) is 6.23. The first-order valence-electron chi connectivity index (χ1n) is 4.32. The summed E-state index contributed by atoms with van der Waals surface area (Å²) < 4.78 is 26.2. The molecule has 0 spiro atoms. The number of aliphatic hydroxyl groups is 1. The van der Waals surface area contributed by atoms with Crippen molar-refractivity contribution in [2.45, 2.75) is 19.4 Å². The molecule has 0 unspecified atom stereocenters. The van der Waals surface area contributed by atoms with Crippen LogP contribution in [0.2, 0.25) is 0 Å². The molecule has 0 aromatic rings. The molecule has 1 N–H and O–H groups in total. The van der Waals surface area contributed by atoms with Crippen molar-refractivity contribution in [3.05, 3.63) is 12.3 Å². The normalized spacial score (nSPS) is 13.3. The van der Waals surface area contributed by atoms with Crippen LogP contribution in [0.1, 0.15) is 13.3 Å². The van der Waals surface area contributed by atoms with E-state index in [-0.39, 0.29) is 11.3 Å². The Labute approximate surface area is 86.9 Å². The van der Waals surface area contributed by atoms with Gasteiger partial charge < -0.3 is 5.11 Å². The van der Waals surface area contributed by atoms with Crippen LogP contribution in [0.4, 0.5) is 8.78 Å². The van der Waals surface area contributed by atoms with Crippen LogP contribution < -0.4 is 0 Å². The first-order valence-corrected chi connectivity index (χ1v) is 4.32. The van der Waals surface area contributed by atoms with E-state index >= 15 is 0 Å². The van der Waals surface area contributed by atoms with Gasteiger partial charge in [0, 0.05) is 19.0 Å². The Bertz CT molecular complexity index is 265. The predicted octanol–water partition coefficient (Wildman–Crippen LogP) is 1.02. The van der Waals surface area contributed by atoms with Crippen molar-refractivity contribution in [1.29, 1.82) is 0 Å². The number of carbonyl (C=O) groups is 1. The summed E-state index contributed by atoms with van der Waals surface area (Å²) in [4.78, 5) is 14.3. The van der Waals surface area contributed by atoms with Crippen molar-refractivity contribution < 1.29 is 18.7 Å². The van der Waals surface area contributed by atoms with Crippen LogP contribution in [0.25, 0.3) is 0 Å². The maximum atomic E-state index is 13.1. The molecular formula is C9H14F2N2O2. The van der Waals surface area contributed by atoms with E-state index in [0.29, 0.717) is 5.71 Å². The molecule has 0 bridgehead atoms. The van der Waals surface area contributed by atoms with Crippen LogP contribution >= 0.6 is 0 Å². The van der Waals surface area contributed by atoms with Crippen molar-refractivity contribution in [3.8, 4) is 0 Å². The molecule has 0 saturated heterocycles. The van der Waals surface area contributed by atoms with Gasteiger partial charge in [-0.25, -0.2) is 0 Å². The fraction of sp³-hybridized carbons (Fsp3) is 0.556. The molecule has 0 atom stereocenters. The summed E-state index contributed by atoms with van der Waals surface area (Å²) in [5.74, 6) is 0. The van der Waals surface area contributed by atoms with Gasteiger partial charge in [-0.2, -0.15) is 8.78 Å². The van der Waals surface area contributed by atoms with Crippen LogP contribution in [0.3, 0.4) is 0 Å². The van der Waals surface area contributed by atoms with E-state index in [4.69, 9.17) is 5.11 Å². The molecule has 0 aliphatic carbocycles. The average Bonchev–Trinajstić information content (AvgIpc) is 2.17. The van der Waals surface area contributed by atoms with E-state index in [1.165, 1.54) is 13.1 Å². The van der Waals surface area contributed by atoms with Gasteiger partial charge in [-0.1, -0.05) is 0 Å². The molecule has 0 heterocycles. The molecule has 0 rings (SSSR count). The summed E-state index contributed by atoms with van der Waals surface area (Å²) in [5, 5.41) is 8.40. The summed E-state index contributed by atoms with van der Waals surface area (Å²) in [6.07, 6.45) is 1.44. The van der Waals surface area contributed by atoms with Gasteiger partial charge in [-0.05, 0) is 13.0 Å². The third-order valence-corrected chi connectivity index (χ3v) is 1.73. The van der Waals surface area contributed by atoms with Crippen molar-refractivity contribution in [2.75, 3.05) is 13.7 Å². The highest BCUT2D eigenvalue weighted by Crippen LogP contribution is 2.22. The molecule has 86 valence electrons. The first-order chi connectivity index (χ1) is 6.97. The van der Waals surface area contributed by atoms with Crippen LogP contribution in [0, 0.1) is 0 Å². The van der Waals surface area contributed by atoms with Gasteiger partial charge in [0.15, 0.2) is 0 Å². The third kappa shape index (κ3) is 4.64. The number of aliphatic hydroxyl groups excluding tert-OH is 1. The number of hydrogen-bond acceptors (Lipinski definition) is 3. The Balaban J connectivity index is 4.62. The Morgan fingerprint density at radius 1 is 1.60 bits per heavy atom. The number of amides is 1. The van der Waals surface area contributed by atoms with E-state index < -0.39 is 19.1 Å². The second-order valence-corrected chi connectivity index (χ2v) is 2.83. The fourth-order valence-electron chi connectivity index (χ4n) is 0.748. The van der Waals surface area contributed by atoms with E-state index in [0.717, 1.165) is 6.20 Å². The number of halogens is 2. The summed E-state index contributed by atoms with van der Waals surface area (Å²) >= 11 is 0. The zero-order chi connectivity index (χ0) is 11.9. The van der Waals surface area contributed by atoms with Crippen molar-refractivity contribution in [1.82, 2.24) is 4.90 Å². The highest BCUT2D eigenvalue weighted by molar-refractivity contribution is 5.92. The number of carbonyl (C=O) groups excluding carboxylic acids is 1. The SMILES string of the molecule is CN=C(C)/C=C\N(C=O)C(F)(F)CCO. The highest BCUT2D eigenvalue weighted by Gasteiger charge is 2.34. The van der Waals surface area contributed by atoms with Gasteiger partial charge >= 0.3 is 6.05 Å². The van der Waals surface area contributed by atoms with E-state index in [1.54, 1.807) is 6.92 Å². The van der Waals surface area contributed by atoms with Gasteiger partial charge in [0.25, 0.3) is 0 Å². The van der Waals surface area contributed by atoms with Gasteiger partial charge in [0.2, 0.25) is 6.41 Å². The zero-order valence-electron chi connectivity index (χ0n) is 8.65. The second-order valence-electron chi connectivity index (χ2n) is 2.83. The molecule has 4 nitrogen and oxygen atoms in total. The van der Waals surface area contributed by atoms with E-state index in [9.17, 15) is 13.6 Å². The molecule has 0 fully saturated rings. The van der Waals surface area contributed by atoms with Gasteiger partial charge in [0.05, 0.1) is 13.0 Å². The van der Waals surface area contributed by atoms with Crippen LogP contribution in [0.15, 0.2) is 17.3 Å². The maximum Gasteiger partial charge on any atom is 0.333 e. The van der Waals surface area contributed by atoms with Crippen molar-refractivity contribution in [2.24, 2.45) is 4.99 Å². The van der Waals surface area contributed by atoms with Crippen LogP contribution in [-0.4, -0.2) is 41.8 Å². The molecule has 0 radical (unpaired) electrons. The van der Waals surface area contributed by atoms with Crippen LogP contribution in [0.5, 0.6) is 0 Å². The molecule has 0 aromatic heterocycles. The summed E-state index contributed by atoms with van der Waals surface area (Å²) in [7, 11) is 1.51. The minimum absolute atomic E-state index is 0.00903. The van der Waals surface area contributed by atoms with Crippen molar-refractivity contribution in [3.63, 3.8) is 0 Å². The quantitative estimate of drug-likeness (QED) is 0.413. The third-order valence-electron chi connectivity index (χ3n) is 1.73. The Morgan fingerprint density at radius 3 is 2.60 bits per heavy atom. The summed E-state index contributed by atoms with van der Waals surface area (Å²) in [6.45, 7) is 0.926. The minimum atomic E-state index is -3.37. The number of rotatable bonds is 6. The Morgan fingerprint density at radius 2 is 2.20 bits per heavy atom. The molecule has 6 heteroatoms. The average molecular weight is 220 g/mol. The van der Waals surface area contributed by atoms with Crippen LogP contribution in [-0.2, 0) is 4.79 Å². The standard InChI is InChI=1S/C9H14F2N2O2/c1-8(12-2)3-5-13(7-15)9(10,11)4-6-14/h3,5,7,14H,4,6H2,1-2H3/b5-3-,12-8?. The summed E-state index contributed by atoms with van der Waals surface area (Å²) in [6, 6.07) is -3.37. The molecule has 0 aromatic carbocycles. The topological polar surface area (TPSA) is 52.9 Å². The Kier molecular flexibility index (Phi) is 5.69. The van der Waals surface area contributed by atoms with E-state index in [1.807, 2.05) is 0 Å². The minimum Gasteiger partial charge on any atom is -0.396 e. The number of aliphatic imine (C=N–C) groups is 1. The number of hydrogen-bond donors (Lipinski definition) is 1. The van der Waals surface area contributed by atoms with Gasteiger partial charge in [0.1, 0.15) is 0 Å². The smallest absolute Gasteiger partial charge is 0.333 e. The number of nitrogens with zero attached hydrogens (tertiary/aromatic N) is 2. The first kappa shape index (κ1) is 13.7. The maximum absolute atomic E-state index is 13.1. The van der Waals surface area contributed by atoms with Gasteiger partial charge in [-0.3, -0.25) is 14.7 Å². The van der Waals surface area contributed by atoms with E-state index in [2.05, 4.69) is 4.99 Å². The molecule has 0 saturated carbocycles. The fourth-order valence-corrected chi connectivity index (χ4v) is 0.748. The lowest BCUT2D eigenvalue weighted by atomic mass is 10.3. The largest absolute Gasteiger partial charge is 0.396 e. The monoisotopic (exact) mass is 220 g/mol.